The fourth-order valence-corrected chi connectivity index (χ4v) is 2.51. The average molecular weight is 324 g/mol. The number of fused-ring (bicyclic) bond motifs is 1. The summed E-state index contributed by atoms with van der Waals surface area (Å²) in [4.78, 5) is 9.01. The van der Waals surface area contributed by atoms with E-state index in [-0.39, 0.29) is 0 Å². The number of hydrogen-bond donors (Lipinski definition) is 0. The lowest BCUT2D eigenvalue weighted by molar-refractivity contribution is 0.482. The third-order valence-corrected chi connectivity index (χ3v) is 3.77. The summed E-state index contributed by atoms with van der Waals surface area (Å²) >= 11 is 0. The molecule has 0 aliphatic carbocycles. The number of nitrogens with zero attached hydrogens (tertiary/aromatic N) is 2. The van der Waals surface area contributed by atoms with Crippen molar-refractivity contribution >= 4 is 23.2 Å². The molecule has 0 atom stereocenters. The largest absolute Gasteiger partial charge is 0.457 e. The Morgan fingerprint density at radius 3 is 2.12 bits per heavy atom. The molecule has 3 aromatic carbocycles. The molecule has 25 heavy (non-hydrogen) atoms. The average Bonchev–Trinajstić information content (AvgIpc) is 2.68. The van der Waals surface area contributed by atoms with E-state index in [2.05, 4.69) is 9.97 Å². The highest BCUT2D eigenvalue weighted by Crippen LogP contribution is 2.21. The predicted octanol–water partition coefficient (Wildman–Crippen LogP) is 5.59. The molecule has 0 radical (unpaired) electrons. The van der Waals surface area contributed by atoms with E-state index < -0.39 is 0 Å². The molecule has 0 saturated carbocycles. The Morgan fingerprint density at radius 1 is 0.640 bits per heavy atom. The van der Waals surface area contributed by atoms with Crippen LogP contribution in [0.3, 0.4) is 0 Å². The summed E-state index contributed by atoms with van der Waals surface area (Å²) < 4.78 is 5.80. The molecule has 1 heterocycles. The van der Waals surface area contributed by atoms with Gasteiger partial charge in [-0.3, -0.25) is 4.98 Å². The Kier molecular flexibility index (Phi) is 4.21. The third-order valence-electron chi connectivity index (χ3n) is 3.77. The van der Waals surface area contributed by atoms with Crippen LogP contribution in [0.1, 0.15) is 11.3 Å². The minimum Gasteiger partial charge on any atom is -0.457 e. The molecule has 0 bridgehead atoms. The molecule has 3 nitrogen and oxygen atoms in total. The Morgan fingerprint density at radius 2 is 1.32 bits per heavy atom. The van der Waals surface area contributed by atoms with Crippen molar-refractivity contribution in [1.29, 1.82) is 0 Å². The number of rotatable bonds is 4. The second kappa shape index (κ2) is 6.97. The lowest BCUT2D eigenvalue weighted by atomic mass is 10.2. The summed E-state index contributed by atoms with van der Waals surface area (Å²) in [5.41, 5.74) is 3.72. The highest BCUT2D eigenvalue weighted by atomic mass is 16.5. The highest BCUT2D eigenvalue weighted by Gasteiger charge is 1.98. The van der Waals surface area contributed by atoms with Gasteiger partial charge in [0.1, 0.15) is 11.5 Å². The van der Waals surface area contributed by atoms with Crippen LogP contribution in [-0.2, 0) is 0 Å². The summed E-state index contributed by atoms with van der Waals surface area (Å²) in [5.74, 6) is 1.64. The van der Waals surface area contributed by atoms with Crippen LogP contribution in [0, 0.1) is 0 Å². The molecule has 0 unspecified atom stereocenters. The Balaban J connectivity index is 1.49. The molecule has 1 aromatic heterocycles. The van der Waals surface area contributed by atoms with Crippen molar-refractivity contribution in [3.63, 3.8) is 0 Å². The number of hydrogen-bond acceptors (Lipinski definition) is 3. The van der Waals surface area contributed by atoms with Crippen LogP contribution in [0.25, 0.3) is 23.2 Å². The van der Waals surface area contributed by atoms with Crippen LogP contribution in [-0.4, -0.2) is 9.97 Å². The maximum atomic E-state index is 5.80. The van der Waals surface area contributed by atoms with E-state index in [0.29, 0.717) is 0 Å². The zero-order valence-electron chi connectivity index (χ0n) is 13.5. The van der Waals surface area contributed by atoms with E-state index in [4.69, 9.17) is 4.74 Å². The molecule has 0 aliphatic rings. The second-order valence-corrected chi connectivity index (χ2v) is 5.60. The lowest BCUT2D eigenvalue weighted by Crippen LogP contribution is -1.86. The van der Waals surface area contributed by atoms with Crippen molar-refractivity contribution < 1.29 is 4.74 Å². The van der Waals surface area contributed by atoms with Crippen molar-refractivity contribution in [2.75, 3.05) is 0 Å². The molecule has 3 heteroatoms. The van der Waals surface area contributed by atoms with Gasteiger partial charge >= 0.3 is 0 Å². The summed E-state index contributed by atoms with van der Waals surface area (Å²) in [6.07, 6.45) is 5.77. The molecule has 0 amide bonds. The first-order chi connectivity index (χ1) is 12.4. The predicted molar refractivity (Wildman–Crippen MR) is 101 cm³/mol. The molecule has 4 aromatic rings. The quantitative estimate of drug-likeness (QED) is 0.490. The van der Waals surface area contributed by atoms with E-state index in [0.717, 1.165) is 33.8 Å². The van der Waals surface area contributed by atoms with Crippen molar-refractivity contribution in [2.24, 2.45) is 0 Å². The van der Waals surface area contributed by atoms with Gasteiger partial charge < -0.3 is 4.74 Å². The standard InChI is InChI=1S/C22H16N2O/c1-2-6-19(7-3-1)25-20-14-11-17(12-15-20)10-13-18-16-23-21-8-4-5-9-22(21)24-18/h1-16H. The first-order valence-corrected chi connectivity index (χ1v) is 8.10. The maximum Gasteiger partial charge on any atom is 0.127 e. The van der Waals surface area contributed by atoms with Gasteiger partial charge in [0, 0.05) is 0 Å². The Bertz CT molecular complexity index is 1010. The van der Waals surface area contributed by atoms with Gasteiger partial charge in [0.15, 0.2) is 0 Å². The smallest absolute Gasteiger partial charge is 0.127 e. The lowest BCUT2D eigenvalue weighted by Gasteiger charge is -2.05. The van der Waals surface area contributed by atoms with Gasteiger partial charge in [-0.1, -0.05) is 48.5 Å². The van der Waals surface area contributed by atoms with E-state index in [1.54, 1.807) is 6.20 Å². The number of para-hydroxylation sites is 3. The molecule has 0 fully saturated rings. The first-order valence-electron chi connectivity index (χ1n) is 8.10. The second-order valence-electron chi connectivity index (χ2n) is 5.60. The van der Waals surface area contributed by atoms with Crippen LogP contribution in [0.4, 0.5) is 0 Å². The van der Waals surface area contributed by atoms with Gasteiger partial charge in [-0.2, -0.15) is 0 Å². The van der Waals surface area contributed by atoms with Crippen LogP contribution in [0.15, 0.2) is 85.1 Å². The van der Waals surface area contributed by atoms with Crippen LogP contribution < -0.4 is 4.74 Å². The van der Waals surface area contributed by atoms with Gasteiger partial charge in [-0.05, 0) is 48.0 Å². The van der Waals surface area contributed by atoms with Crippen molar-refractivity contribution in [3.8, 4) is 11.5 Å². The molecule has 0 aliphatic heterocycles. The maximum absolute atomic E-state index is 5.80. The Labute approximate surface area is 146 Å². The van der Waals surface area contributed by atoms with Crippen molar-refractivity contribution in [3.05, 3.63) is 96.3 Å². The summed E-state index contributed by atoms with van der Waals surface area (Å²) in [6, 6.07) is 25.6. The molecular weight excluding hydrogens is 308 g/mol. The van der Waals surface area contributed by atoms with Gasteiger partial charge in [0.2, 0.25) is 0 Å². The number of aromatic nitrogens is 2. The van der Waals surface area contributed by atoms with Gasteiger partial charge in [0.25, 0.3) is 0 Å². The first kappa shape index (κ1) is 15.1. The zero-order chi connectivity index (χ0) is 16.9. The molecule has 0 spiro atoms. The van der Waals surface area contributed by atoms with Gasteiger partial charge in [-0.15, -0.1) is 0 Å². The monoisotopic (exact) mass is 324 g/mol. The van der Waals surface area contributed by atoms with E-state index in [1.165, 1.54) is 0 Å². The van der Waals surface area contributed by atoms with Crippen molar-refractivity contribution in [1.82, 2.24) is 9.97 Å². The van der Waals surface area contributed by atoms with E-state index in [9.17, 15) is 0 Å². The SMILES string of the molecule is C(=Cc1cnc2ccccc2n1)c1ccc(Oc2ccccc2)cc1. The van der Waals surface area contributed by atoms with E-state index >= 15 is 0 Å². The van der Waals surface area contributed by atoms with Crippen LogP contribution in [0.5, 0.6) is 11.5 Å². The summed E-state index contributed by atoms with van der Waals surface area (Å²) in [7, 11) is 0. The fraction of sp³-hybridized carbons (Fsp3) is 0. The molecule has 0 N–H and O–H groups in total. The Hall–Kier alpha value is -3.46. The zero-order valence-corrected chi connectivity index (χ0v) is 13.5. The minimum absolute atomic E-state index is 0.814. The number of benzene rings is 3. The molecule has 120 valence electrons. The van der Waals surface area contributed by atoms with Crippen LogP contribution in [0.2, 0.25) is 0 Å². The van der Waals surface area contributed by atoms with Gasteiger partial charge in [-0.25, -0.2) is 4.98 Å². The third kappa shape index (κ3) is 3.72. The van der Waals surface area contributed by atoms with Crippen LogP contribution >= 0.6 is 0 Å². The molecule has 4 rings (SSSR count). The van der Waals surface area contributed by atoms with E-state index in [1.807, 2.05) is 91.0 Å². The molecular formula is C22H16N2O. The topological polar surface area (TPSA) is 35.0 Å². The van der Waals surface area contributed by atoms with Crippen molar-refractivity contribution in [2.45, 2.75) is 0 Å². The highest BCUT2D eigenvalue weighted by molar-refractivity contribution is 5.76. The summed E-state index contributed by atoms with van der Waals surface area (Å²) in [6.45, 7) is 0. The minimum atomic E-state index is 0.814. The fourth-order valence-electron chi connectivity index (χ4n) is 2.51. The molecule has 0 saturated heterocycles. The number of ether oxygens (including phenoxy) is 1. The summed E-state index contributed by atoms with van der Waals surface area (Å²) in [5, 5.41) is 0. The van der Waals surface area contributed by atoms with Gasteiger partial charge in [0.05, 0.1) is 22.9 Å². The normalized spacial score (nSPS) is 11.0.